The van der Waals surface area contributed by atoms with Crippen LogP contribution in [0.15, 0.2) is 12.4 Å². The average molecular weight is 505 g/mol. The fourth-order valence-corrected chi connectivity index (χ4v) is 5.99. The first-order valence-electron chi connectivity index (χ1n) is 16.9. The lowest BCUT2D eigenvalue weighted by atomic mass is 10.0. The molecule has 0 aromatic heterocycles. The average Bonchev–Trinajstić information content (AvgIpc) is 3.28. The van der Waals surface area contributed by atoms with E-state index in [-0.39, 0.29) is 0 Å². The van der Waals surface area contributed by atoms with Gasteiger partial charge >= 0.3 is 0 Å². The minimum atomic E-state index is 0.589. The second-order valence-electron chi connectivity index (χ2n) is 12.2. The van der Waals surface area contributed by atoms with E-state index in [4.69, 9.17) is 0 Å². The van der Waals surface area contributed by atoms with E-state index in [1.54, 1.807) is 0 Å². The number of nitrogens with zero attached hydrogens (tertiary/aromatic N) is 2. The Morgan fingerprint density at radius 1 is 0.417 bits per heavy atom. The van der Waals surface area contributed by atoms with Crippen molar-refractivity contribution in [2.75, 3.05) is 13.1 Å². The largest absolute Gasteiger partial charge is 0.356 e. The van der Waals surface area contributed by atoms with Crippen LogP contribution < -0.4 is 0 Å². The first kappa shape index (κ1) is 33.4. The third-order valence-electron chi connectivity index (χ3n) is 8.27. The molecule has 1 aliphatic heterocycles. The van der Waals surface area contributed by atoms with Crippen molar-refractivity contribution in [3.63, 3.8) is 0 Å². The van der Waals surface area contributed by atoms with Crippen LogP contribution in [0.25, 0.3) is 0 Å². The minimum absolute atomic E-state index is 0.589. The molecule has 0 amide bonds. The van der Waals surface area contributed by atoms with Crippen molar-refractivity contribution in [2.24, 2.45) is 5.92 Å². The highest BCUT2D eigenvalue weighted by molar-refractivity contribution is 4.98. The summed E-state index contributed by atoms with van der Waals surface area (Å²) in [5.74, 6) is 0.690. The van der Waals surface area contributed by atoms with Gasteiger partial charge in [0.05, 0.1) is 0 Å². The zero-order valence-electron chi connectivity index (χ0n) is 25.6. The number of hydrogen-bond acceptors (Lipinski definition) is 2. The van der Waals surface area contributed by atoms with E-state index in [2.05, 4.69) is 49.9 Å². The third-order valence-corrected chi connectivity index (χ3v) is 8.27. The molecule has 214 valence electrons. The smallest absolute Gasteiger partial charge is 0.103 e. The molecule has 0 aromatic carbocycles. The third kappa shape index (κ3) is 17.7. The van der Waals surface area contributed by atoms with Crippen LogP contribution in [0.5, 0.6) is 0 Å². The molecule has 1 aliphatic rings. The van der Waals surface area contributed by atoms with Gasteiger partial charge in [-0.3, -0.25) is 0 Å². The van der Waals surface area contributed by atoms with Crippen molar-refractivity contribution in [2.45, 2.75) is 188 Å². The van der Waals surface area contributed by atoms with Crippen LogP contribution in [0.1, 0.15) is 182 Å². The van der Waals surface area contributed by atoms with Crippen LogP contribution in [0.3, 0.4) is 0 Å². The minimum Gasteiger partial charge on any atom is -0.356 e. The lowest BCUT2D eigenvalue weighted by Crippen LogP contribution is -2.43. The lowest BCUT2D eigenvalue weighted by molar-refractivity contribution is 0.104. The monoisotopic (exact) mass is 505 g/mol. The maximum absolute atomic E-state index is 2.64. The van der Waals surface area contributed by atoms with Crippen molar-refractivity contribution >= 4 is 0 Å². The molecule has 0 spiro atoms. The molecule has 0 fully saturated rings. The van der Waals surface area contributed by atoms with Gasteiger partial charge in [0.15, 0.2) is 0 Å². The maximum Gasteiger partial charge on any atom is 0.103 e. The molecule has 36 heavy (non-hydrogen) atoms. The van der Waals surface area contributed by atoms with E-state index in [1.165, 1.54) is 167 Å². The number of hydrogen-bond donors (Lipinski definition) is 0. The summed E-state index contributed by atoms with van der Waals surface area (Å²) < 4.78 is 0. The molecule has 0 aliphatic carbocycles. The highest BCUT2D eigenvalue weighted by Crippen LogP contribution is 2.24. The van der Waals surface area contributed by atoms with Gasteiger partial charge in [0.1, 0.15) is 6.17 Å². The molecule has 1 rings (SSSR count). The molecule has 1 heterocycles. The van der Waals surface area contributed by atoms with E-state index in [1.807, 2.05) is 0 Å². The fourth-order valence-electron chi connectivity index (χ4n) is 5.99. The van der Waals surface area contributed by atoms with E-state index in [9.17, 15) is 0 Å². The van der Waals surface area contributed by atoms with Gasteiger partial charge in [-0.15, -0.1) is 0 Å². The predicted octanol–water partition coefficient (Wildman–Crippen LogP) is 11.5. The van der Waals surface area contributed by atoms with Crippen molar-refractivity contribution < 1.29 is 0 Å². The fraction of sp³-hybridized carbons (Fsp3) is 0.941. The van der Waals surface area contributed by atoms with Crippen LogP contribution in [-0.2, 0) is 0 Å². The molecule has 2 heteroatoms. The summed E-state index contributed by atoms with van der Waals surface area (Å²) in [7, 11) is 0. The standard InChI is InChI=1S/C34H68N2/c1-5-7-9-11-13-15-16-17-18-19-20-21-22-24-26-28-30-36-32-31-35(34(36)33(3)4)29-27-25-23-14-12-10-8-6-2/h31-34H,5-30H2,1-4H3. The highest BCUT2D eigenvalue weighted by atomic mass is 15.4. The van der Waals surface area contributed by atoms with E-state index < -0.39 is 0 Å². The Morgan fingerprint density at radius 3 is 0.917 bits per heavy atom. The Labute approximate surface area is 229 Å². The summed E-state index contributed by atoms with van der Waals surface area (Å²) in [6, 6.07) is 0. The summed E-state index contributed by atoms with van der Waals surface area (Å²) >= 11 is 0. The van der Waals surface area contributed by atoms with Crippen LogP contribution >= 0.6 is 0 Å². The molecule has 0 saturated heterocycles. The van der Waals surface area contributed by atoms with Gasteiger partial charge < -0.3 is 9.80 Å². The second-order valence-corrected chi connectivity index (χ2v) is 12.2. The van der Waals surface area contributed by atoms with Crippen molar-refractivity contribution in [3.05, 3.63) is 12.4 Å². The van der Waals surface area contributed by atoms with Crippen LogP contribution in [0.2, 0.25) is 0 Å². The van der Waals surface area contributed by atoms with E-state index >= 15 is 0 Å². The summed E-state index contributed by atoms with van der Waals surface area (Å²) in [4.78, 5) is 5.27. The van der Waals surface area contributed by atoms with Crippen molar-refractivity contribution in [1.82, 2.24) is 9.80 Å². The Balaban J connectivity index is 1.96. The normalized spacial score (nSPS) is 15.6. The molecule has 0 bridgehead atoms. The van der Waals surface area contributed by atoms with Gasteiger partial charge in [0.2, 0.25) is 0 Å². The van der Waals surface area contributed by atoms with E-state index in [0.717, 1.165) is 0 Å². The lowest BCUT2D eigenvalue weighted by Gasteiger charge is -2.36. The van der Waals surface area contributed by atoms with Gasteiger partial charge in [-0.25, -0.2) is 0 Å². The molecule has 0 aromatic rings. The van der Waals surface area contributed by atoms with Crippen molar-refractivity contribution in [1.29, 1.82) is 0 Å². The predicted molar refractivity (Wildman–Crippen MR) is 163 cm³/mol. The van der Waals surface area contributed by atoms with Crippen molar-refractivity contribution in [3.8, 4) is 0 Å². The summed E-state index contributed by atoms with van der Waals surface area (Å²) in [6.45, 7) is 11.9. The van der Waals surface area contributed by atoms with Gasteiger partial charge in [-0.1, -0.05) is 169 Å². The number of rotatable bonds is 27. The van der Waals surface area contributed by atoms with Gasteiger partial charge in [-0.2, -0.15) is 0 Å². The summed E-state index contributed by atoms with van der Waals surface area (Å²) in [5.41, 5.74) is 0. The Kier molecular flexibility index (Phi) is 22.9. The zero-order chi connectivity index (χ0) is 26.1. The topological polar surface area (TPSA) is 6.48 Å². The Morgan fingerprint density at radius 2 is 0.667 bits per heavy atom. The number of unbranched alkanes of at least 4 members (excludes halogenated alkanes) is 22. The molecule has 1 atom stereocenters. The molecule has 0 saturated carbocycles. The SMILES string of the molecule is CCCCCCCCCCCCCCCCCCN1C=CN(CCCCCCCCCC)C1C(C)C. The molecule has 1 unspecified atom stereocenters. The first-order chi connectivity index (χ1) is 17.7. The quantitative estimate of drug-likeness (QED) is 0.103. The van der Waals surface area contributed by atoms with Gasteiger partial charge in [0.25, 0.3) is 0 Å². The Hall–Kier alpha value is -0.660. The zero-order valence-corrected chi connectivity index (χ0v) is 25.6. The molecule has 0 radical (unpaired) electrons. The summed E-state index contributed by atoms with van der Waals surface area (Å²) in [5, 5.41) is 0. The highest BCUT2D eigenvalue weighted by Gasteiger charge is 2.28. The van der Waals surface area contributed by atoms with Crippen LogP contribution in [0, 0.1) is 5.92 Å². The Bertz CT molecular complexity index is 472. The molecule has 0 N–H and O–H groups in total. The molecular weight excluding hydrogens is 436 g/mol. The van der Waals surface area contributed by atoms with E-state index in [0.29, 0.717) is 12.1 Å². The first-order valence-corrected chi connectivity index (χ1v) is 16.9. The summed E-state index contributed by atoms with van der Waals surface area (Å²) in [6.07, 6.45) is 39.8. The van der Waals surface area contributed by atoms with Crippen LogP contribution in [0.4, 0.5) is 0 Å². The molecular formula is C34H68N2. The van der Waals surface area contributed by atoms with Gasteiger partial charge in [-0.05, 0) is 18.8 Å². The maximum atomic E-state index is 2.64. The van der Waals surface area contributed by atoms with Gasteiger partial charge in [0, 0.05) is 25.5 Å². The van der Waals surface area contributed by atoms with Crippen LogP contribution in [-0.4, -0.2) is 29.1 Å². The molecule has 2 nitrogen and oxygen atoms in total. The second kappa shape index (κ2) is 24.7.